The molecule has 1 saturated heterocycles. The van der Waals surface area contributed by atoms with Gasteiger partial charge in [0.1, 0.15) is 11.9 Å². The molecule has 1 aromatic heterocycles. The largest absolute Gasteiger partial charge is 0.480 e. The molecule has 200 valence electrons. The molecule has 0 bridgehead atoms. The number of benzene rings is 2. The number of carbonyl (C=O) groups is 3. The molecular weight excluding hydrogens is 491 g/mol. The van der Waals surface area contributed by atoms with E-state index < -0.39 is 23.9 Å². The number of halogens is 1. The smallest absolute Gasteiger partial charge is 0.326 e. The number of aliphatic carboxylic acids is 1. The maximum atomic E-state index is 14.0. The zero-order valence-electron chi connectivity index (χ0n) is 21.4. The predicted octanol–water partition coefficient (Wildman–Crippen LogP) is 3.79. The van der Waals surface area contributed by atoms with E-state index in [9.17, 15) is 23.9 Å². The third-order valence-electron chi connectivity index (χ3n) is 7.53. The standard InChI is InChI=1S/C27H31FN6O4/c1-3-17-11-16(12-20-15(2)31-32-23(17)20)13-22(25(35)36)29-26(37)33-9-7-19(8-10-33)34-14-18-5-4-6-21(28)24(18)30-27(34)38/h4-6,11-12,19,22H,3,7-10,13-14H2,1-2H3,(H,29,37)(H,30,38)(H,31,32)(H,35,36). The maximum absolute atomic E-state index is 14.0. The quantitative estimate of drug-likeness (QED) is 0.391. The molecule has 2 aliphatic heterocycles. The number of carbonyl (C=O) groups excluding carboxylic acids is 2. The topological polar surface area (TPSA) is 131 Å². The number of hydrogen-bond donors (Lipinski definition) is 4. The minimum absolute atomic E-state index is 0.108. The number of H-pyrrole nitrogens is 1. The lowest BCUT2D eigenvalue weighted by atomic mass is 9.98. The number of piperidine rings is 1. The molecule has 0 spiro atoms. The van der Waals surface area contributed by atoms with Gasteiger partial charge in [-0.3, -0.25) is 5.10 Å². The van der Waals surface area contributed by atoms with Crippen LogP contribution < -0.4 is 10.6 Å². The Labute approximate surface area is 219 Å². The number of fused-ring (bicyclic) bond motifs is 2. The molecule has 3 aromatic rings. The van der Waals surface area contributed by atoms with Gasteiger partial charge in [-0.15, -0.1) is 0 Å². The first-order valence-corrected chi connectivity index (χ1v) is 12.8. The van der Waals surface area contributed by atoms with Crippen molar-refractivity contribution >= 4 is 34.6 Å². The summed E-state index contributed by atoms with van der Waals surface area (Å²) in [5.74, 6) is -1.56. The molecule has 10 nitrogen and oxygen atoms in total. The molecule has 4 amide bonds. The third kappa shape index (κ3) is 4.88. The summed E-state index contributed by atoms with van der Waals surface area (Å²) in [7, 11) is 0. The van der Waals surface area contributed by atoms with E-state index in [1.54, 1.807) is 21.9 Å². The Hall–Kier alpha value is -4.15. The lowest BCUT2D eigenvalue weighted by Gasteiger charge is -2.40. The number of nitrogens with one attached hydrogen (secondary N) is 3. The van der Waals surface area contributed by atoms with Crippen molar-refractivity contribution < 1.29 is 23.9 Å². The fourth-order valence-corrected chi connectivity index (χ4v) is 5.39. The molecule has 4 N–H and O–H groups in total. The average molecular weight is 523 g/mol. The van der Waals surface area contributed by atoms with Crippen molar-refractivity contribution in [2.24, 2.45) is 0 Å². The molecule has 5 rings (SSSR count). The first-order chi connectivity index (χ1) is 18.2. The highest BCUT2D eigenvalue weighted by Gasteiger charge is 2.34. The zero-order chi connectivity index (χ0) is 27.0. The lowest BCUT2D eigenvalue weighted by molar-refractivity contribution is -0.139. The number of hydrogen-bond acceptors (Lipinski definition) is 4. The van der Waals surface area contributed by atoms with E-state index in [-0.39, 0.29) is 24.2 Å². The van der Waals surface area contributed by atoms with Crippen LogP contribution in [0.1, 0.15) is 42.1 Å². The van der Waals surface area contributed by atoms with E-state index in [2.05, 4.69) is 20.8 Å². The molecule has 1 fully saturated rings. The van der Waals surface area contributed by atoms with Crippen LogP contribution in [0.2, 0.25) is 0 Å². The van der Waals surface area contributed by atoms with E-state index in [0.717, 1.165) is 34.1 Å². The molecule has 3 heterocycles. The van der Waals surface area contributed by atoms with Crippen molar-refractivity contribution in [2.75, 3.05) is 18.4 Å². The number of likely N-dealkylation sites (tertiary alicyclic amines) is 1. The van der Waals surface area contributed by atoms with Crippen molar-refractivity contribution in [1.29, 1.82) is 0 Å². The van der Waals surface area contributed by atoms with Crippen molar-refractivity contribution in [3.8, 4) is 0 Å². The van der Waals surface area contributed by atoms with Crippen molar-refractivity contribution in [3.63, 3.8) is 0 Å². The van der Waals surface area contributed by atoms with Crippen molar-refractivity contribution in [1.82, 2.24) is 25.3 Å². The Morgan fingerprint density at radius 2 is 2.03 bits per heavy atom. The first-order valence-electron chi connectivity index (χ1n) is 12.8. The van der Waals surface area contributed by atoms with Gasteiger partial charge in [0.05, 0.1) is 11.2 Å². The minimum Gasteiger partial charge on any atom is -0.480 e. The fraction of sp³-hybridized carbons (Fsp3) is 0.407. The van der Waals surface area contributed by atoms with Crippen LogP contribution in [0, 0.1) is 12.7 Å². The zero-order valence-corrected chi connectivity index (χ0v) is 21.4. The van der Waals surface area contributed by atoms with Gasteiger partial charge in [0.15, 0.2) is 0 Å². The van der Waals surface area contributed by atoms with Crippen LogP contribution in [0.4, 0.5) is 19.7 Å². The van der Waals surface area contributed by atoms with Gasteiger partial charge < -0.3 is 25.5 Å². The molecule has 0 aliphatic carbocycles. The molecule has 2 aromatic carbocycles. The first kappa shape index (κ1) is 25.5. The SMILES string of the molecule is CCc1cc(CC(NC(=O)N2CCC(N3Cc4cccc(F)c4NC3=O)CC2)C(=O)O)cc2c(C)[nH]nc12. The number of anilines is 1. The summed E-state index contributed by atoms with van der Waals surface area (Å²) in [6.45, 7) is 5.00. The fourth-order valence-electron chi connectivity index (χ4n) is 5.39. The summed E-state index contributed by atoms with van der Waals surface area (Å²) in [5, 5.41) is 23.4. The van der Waals surface area contributed by atoms with Gasteiger partial charge in [0.25, 0.3) is 0 Å². The van der Waals surface area contributed by atoms with Gasteiger partial charge in [0, 0.05) is 43.2 Å². The minimum atomic E-state index is -1.11. The van der Waals surface area contributed by atoms with Crippen LogP contribution in [0.5, 0.6) is 0 Å². The van der Waals surface area contributed by atoms with E-state index in [1.807, 2.05) is 26.0 Å². The monoisotopic (exact) mass is 522 g/mol. The van der Waals surface area contributed by atoms with Crippen LogP contribution in [0.3, 0.4) is 0 Å². The number of aryl methyl sites for hydroxylation is 2. The molecule has 11 heteroatoms. The van der Waals surface area contributed by atoms with E-state index in [4.69, 9.17) is 0 Å². The van der Waals surface area contributed by atoms with Crippen molar-refractivity contribution in [3.05, 3.63) is 58.5 Å². The second kappa shape index (κ2) is 10.3. The summed E-state index contributed by atoms with van der Waals surface area (Å²) in [6, 6.07) is 6.60. The highest BCUT2D eigenvalue weighted by Crippen LogP contribution is 2.30. The summed E-state index contributed by atoms with van der Waals surface area (Å²) in [6.07, 6.45) is 1.98. The summed E-state index contributed by atoms with van der Waals surface area (Å²) < 4.78 is 14.0. The van der Waals surface area contributed by atoms with E-state index >= 15 is 0 Å². The Kier molecular flexibility index (Phi) is 6.92. The van der Waals surface area contributed by atoms with Crippen LogP contribution in [-0.2, 0) is 24.2 Å². The number of rotatable bonds is 6. The molecule has 2 aliphatic rings. The number of para-hydroxylation sites is 1. The molecule has 1 atom stereocenters. The number of amides is 4. The number of carboxylic acid groups (broad SMARTS) is 1. The average Bonchev–Trinajstić information content (AvgIpc) is 3.28. The van der Waals surface area contributed by atoms with Gasteiger partial charge in [-0.05, 0) is 55.0 Å². The van der Waals surface area contributed by atoms with Gasteiger partial charge >= 0.3 is 18.0 Å². The predicted molar refractivity (Wildman–Crippen MR) is 139 cm³/mol. The Morgan fingerprint density at radius 3 is 2.74 bits per heavy atom. The third-order valence-corrected chi connectivity index (χ3v) is 7.53. The molecule has 0 saturated carbocycles. The maximum Gasteiger partial charge on any atom is 0.326 e. The number of nitrogens with zero attached hydrogens (tertiary/aromatic N) is 3. The summed E-state index contributed by atoms with van der Waals surface area (Å²) >= 11 is 0. The van der Waals surface area contributed by atoms with Gasteiger partial charge in [-0.2, -0.15) is 5.10 Å². The number of carboxylic acids is 1. The number of aromatic amines is 1. The van der Waals surface area contributed by atoms with Crippen LogP contribution in [-0.4, -0.2) is 68.3 Å². The molecule has 1 unspecified atom stereocenters. The molecule has 38 heavy (non-hydrogen) atoms. The van der Waals surface area contributed by atoms with Crippen molar-refractivity contribution in [2.45, 2.75) is 58.2 Å². The second-order valence-electron chi connectivity index (χ2n) is 9.95. The lowest BCUT2D eigenvalue weighted by Crippen LogP contribution is -2.54. The highest BCUT2D eigenvalue weighted by molar-refractivity contribution is 5.92. The van der Waals surface area contributed by atoms with E-state index in [1.165, 1.54) is 6.07 Å². The summed E-state index contributed by atoms with van der Waals surface area (Å²) in [5.41, 5.74) is 4.56. The second-order valence-corrected chi connectivity index (χ2v) is 9.95. The van der Waals surface area contributed by atoms with Gasteiger partial charge in [-0.1, -0.05) is 25.1 Å². The highest BCUT2D eigenvalue weighted by atomic mass is 19.1. The Morgan fingerprint density at radius 1 is 1.26 bits per heavy atom. The Balaban J connectivity index is 1.21. The van der Waals surface area contributed by atoms with E-state index in [0.29, 0.717) is 38.0 Å². The van der Waals surface area contributed by atoms with Gasteiger partial charge in [0.2, 0.25) is 0 Å². The normalized spacial score (nSPS) is 16.8. The van der Waals surface area contributed by atoms with Crippen LogP contribution in [0.25, 0.3) is 10.9 Å². The Bertz CT molecular complexity index is 1400. The van der Waals surface area contributed by atoms with Crippen LogP contribution >= 0.6 is 0 Å². The number of aromatic nitrogens is 2. The van der Waals surface area contributed by atoms with Crippen LogP contribution in [0.15, 0.2) is 30.3 Å². The molecular formula is C27H31FN6O4. The summed E-state index contributed by atoms with van der Waals surface area (Å²) in [4.78, 5) is 40.9. The number of urea groups is 2. The molecule has 0 radical (unpaired) electrons. The van der Waals surface area contributed by atoms with Gasteiger partial charge in [-0.25, -0.2) is 18.8 Å².